The topological polar surface area (TPSA) is 27.9 Å². The largest absolute Gasteiger partial charge is 0.456 e. The quantitative estimate of drug-likeness (QED) is 0.110. The zero-order valence-electron chi connectivity index (χ0n) is 41.9. The highest BCUT2D eigenvalue weighted by molar-refractivity contribution is 7.20. The molecule has 4 heterocycles. The maximum Gasteiger partial charge on any atom is 0.181 e. The average molecular weight is 998 g/mol. The summed E-state index contributed by atoms with van der Waals surface area (Å²) in [7, 11) is -3.14. The van der Waals surface area contributed by atoms with Gasteiger partial charge in [0, 0.05) is 60.0 Å². The van der Waals surface area contributed by atoms with Crippen LogP contribution in [0.25, 0.3) is 116 Å². The van der Waals surface area contributed by atoms with Gasteiger partial charge in [0.05, 0.1) is 38.8 Å². The Morgan fingerprint density at radius 2 is 0.753 bits per heavy atom. The summed E-state index contributed by atoms with van der Waals surface area (Å²) < 4.78 is 14.4. The summed E-state index contributed by atoms with van der Waals surface area (Å²) in [5.74, 6) is 0. The van der Waals surface area contributed by atoms with Gasteiger partial charge in [-0.3, -0.25) is 0 Å². The van der Waals surface area contributed by atoms with E-state index < -0.39 is 8.07 Å². The number of furan rings is 1. The van der Waals surface area contributed by atoms with E-state index in [1.165, 1.54) is 58.7 Å². The van der Waals surface area contributed by atoms with Crippen molar-refractivity contribution in [2.45, 2.75) is 0 Å². The van der Waals surface area contributed by atoms with Gasteiger partial charge in [-0.1, -0.05) is 218 Å². The van der Waals surface area contributed by atoms with Crippen LogP contribution in [0.5, 0.6) is 0 Å². The smallest absolute Gasteiger partial charge is 0.181 e. The van der Waals surface area contributed by atoms with E-state index in [0.717, 1.165) is 77.6 Å². The first-order chi connectivity index (χ1) is 38.3. The number of hydrogen-bond donors (Lipinski definition) is 0. The van der Waals surface area contributed by atoms with Gasteiger partial charge in [0.1, 0.15) is 11.2 Å². The molecule has 0 N–H and O–H groups in total. The number of fused-ring (bicyclic) bond motifs is 12. The molecule has 77 heavy (non-hydrogen) atoms. The maximum absolute atomic E-state index is 6.80. The molecule has 16 aromatic rings. The highest BCUT2D eigenvalue weighted by atomic mass is 28.3. The number of benzene rings is 12. The SMILES string of the molecule is c1ccc([Si](c2ccccc2)(c2ccccc2)c2ccccc2-n2c3ccc(-n4c5ccccc5c5ccccc54)cc3c3ccc(-n4c5ccccc5c5ccccc54)c(-c4cccc5oc6ccccc6c45)c32)cc1. The van der Waals surface area contributed by atoms with Gasteiger partial charge in [-0.15, -0.1) is 0 Å². The summed E-state index contributed by atoms with van der Waals surface area (Å²) in [6, 6.07) is 106. The molecular weight excluding hydrogens is 951 g/mol. The minimum absolute atomic E-state index is 0.856. The molecule has 0 spiro atoms. The summed E-state index contributed by atoms with van der Waals surface area (Å²) in [6.07, 6.45) is 0. The van der Waals surface area contributed by atoms with Crippen LogP contribution in [0.1, 0.15) is 0 Å². The third-order valence-electron chi connectivity index (χ3n) is 16.4. The van der Waals surface area contributed by atoms with Crippen LogP contribution in [-0.2, 0) is 0 Å². The van der Waals surface area contributed by atoms with Crippen molar-refractivity contribution in [3.63, 3.8) is 0 Å². The number of rotatable bonds is 8. The number of nitrogens with zero attached hydrogens (tertiary/aromatic N) is 3. The monoisotopic (exact) mass is 997 g/mol. The van der Waals surface area contributed by atoms with E-state index in [9.17, 15) is 0 Å². The molecule has 360 valence electrons. The fraction of sp³-hybridized carbons (Fsp3) is 0. The zero-order valence-corrected chi connectivity index (χ0v) is 42.9. The van der Waals surface area contributed by atoms with Crippen molar-refractivity contribution in [2.75, 3.05) is 0 Å². The Balaban J connectivity index is 1.13. The number of para-hydroxylation sites is 6. The van der Waals surface area contributed by atoms with E-state index in [0.29, 0.717) is 0 Å². The van der Waals surface area contributed by atoms with E-state index in [4.69, 9.17) is 4.42 Å². The maximum atomic E-state index is 6.80. The normalized spacial score (nSPS) is 12.2. The standard InChI is InChI=1S/C72H47N3OSi/c1-4-23-49(24-5-1)77(50-25-6-2-7-26-50,51-27-8-3-9-28-51)69-42-21-19-39-65(69)75-64-45-43-48(73-60-35-15-10-29-52(60)53-30-11-16-36-61(53)73)47-59(64)56-44-46-66(74-62-37-17-12-31-54(62)55-32-13-18-38-63(55)74)71(72(56)75)58-34-22-41-68-70(58)57-33-14-20-40-67(57)76-68/h1-47H. The molecule has 0 bridgehead atoms. The molecule has 16 rings (SSSR count). The molecule has 0 fully saturated rings. The van der Waals surface area contributed by atoms with E-state index >= 15 is 0 Å². The minimum atomic E-state index is -3.14. The Labute approximate surface area is 445 Å². The molecule has 4 nitrogen and oxygen atoms in total. The Hall–Kier alpha value is -9.94. The van der Waals surface area contributed by atoms with E-state index in [1.54, 1.807) is 0 Å². The van der Waals surface area contributed by atoms with Gasteiger partial charge in [-0.25, -0.2) is 0 Å². The molecule has 4 aromatic heterocycles. The molecule has 0 aliphatic rings. The Kier molecular flexibility index (Phi) is 9.62. The van der Waals surface area contributed by atoms with Crippen molar-refractivity contribution >= 4 is 116 Å². The fourth-order valence-corrected chi connectivity index (χ4v) is 18.2. The van der Waals surface area contributed by atoms with Crippen LogP contribution in [0.15, 0.2) is 290 Å². The molecule has 12 aromatic carbocycles. The second-order valence-corrected chi connectivity index (χ2v) is 24.0. The summed E-state index contributed by atoms with van der Waals surface area (Å²) in [4.78, 5) is 0. The Morgan fingerprint density at radius 1 is 0.286 bits per heavy atom. The van der Waals surface area contributed by atoms with Crippen molar-refractivity contribution in [1.29, 1.82) is 0 Å². The zero-order chi connectivity index (χ0) is 50.6. The molecule has 0 saturated heterocycles. The van der Waals surface area contributed by atoms with Crippen LogP contribution >= 0.6 is 0 Å². The molecule has 5 heteroatoms. The second kappa shape index (κ2) is 17.0. The van der Waals surface area contributed by atoms with Gasteiger partial charge >= 0.3 is 0 Å². The Bertz CT molecular complexity index is 4780. The van der Waals surface area contributed by atoms with Gasteiger partial charge in [-0.05, 0) is 93.0 Å². The van der Waals surface area contributed by atoms with E-state index in [-0.39, 0.29) is 0 Å². The molecular formula is C72H47N3OSi. The number of aromatic nitrogens is 3. The summed E-state index contributed by atoms with van der Waals surface area (Å²) in [5.41, 5.74) is 14.2. The van der Waals surface area contributed by atoms with Crippen LogP contribution in [0.2, 0.25) is 0 Å². The van der Waals surface area contributed by atoms with E-state index in [1.807, 2.05) is 0 Å². The molecule has 0 aliphatic heterocycles. The molecule has 0 unspecified atom stereocenters. The Morgan fingerprint density at radius 3 is 1.34 bits per heavy atom. The van der Waals surface area contributed by atoms with Crippen LogP contribution in [-0.4, -0.2) is 21.8 Å². The van der Waals surface area contributed by atoms with Crippen molar-refractivity contribution in [2.24, 2.45) is 0 Å². The molecule has 0 atom stereocenters. The molecule has 0 amide bonds. The van der Waals surface area contributed by atoms with E-state index in [2.05, 4.69) is 299 Å². The minimum Gasteiger partial charge on any atom is -0.456 e. The van der Waals surface area contributed by atoms with Crippen molar-refractivity contribution in [1.82, 2.24) is 13.7 Å². The lowest BCUT2D eigenvalue weighted by Crippen LogP contribution is -2.75. The van der Waals surface area contributed by atoms with Crippen LogP contribution < -0.4 is 20.7 Å². The summed E-state index contributed by atoms with van der Waals surface area (Å²) in [6.45, 7) is 0. The van der Waals surface area contributed by atoms with Crippen molar-refractivity contribution in [3.8, 4) is 28.2 Å². The predicted octanol–water partition coefficient (Wildman–Crippen LogP) is 15.9. The summed E-state index contributed by atoms with van der Waals surface area (Å²) >= 11 is 0. The molecule has 0 radical (unpaired) electrons. The third-order valence-corrected chi connectivity index (χ3v) is 21.2. The molecule has 0 saturated carbocycles. The second-order valence-electron chi connectivity index (χ2n) is 20.3. The van der Waals surface area contributed by atoms with Gasteiger partial charge < -0.3 is 18.1 Å². The van der Waals surface area contributed by atoms with Crippen LogP contribution in [0.3, 0.4) is 0 Å². The van der Waals surface area contributed by atoms with Gasteiger partial charge in [0.25, 0.3) is 0 Å². The lowest BCUT2D eigenvalue weighted by Gasteiger charge is -2.36. The van der Waals surface area contributed by atoms with Crippen molar-refractivity contribution < 1.29 is 4.42 Å². The lowest BCUT2D eigenvalue weighted by molar-refractivity contribution is 0.669. The van der Waals surface area contributed by atoms with Gasteiger partial charge in [0.2, 0.25) is 0 Å². The first kappa shape index (κ1) is 43.5. The number of hydrogen-bond acceptors (Lipinski definition) is 1. The first-order valence-electron chi connectivity index (χ1n) is 26.5. The summed E-state index contributed by atoms with van der Waals surface area (Å²) in [5, 5.41) is 14.7. The molecule has 0 aliphatic carbocycles. The van der Waals surface area contributed by atoms with Crippen LogP contribution in [0.4, 0.5) is 0 Å². The fourth-order valence-electron chi connectivity index (χ4n) is 13.3. The van der Waals surface area contributed by atoms with Gasteiger partial charge in [-0.2, -0.15) is 0 Å². The highest BCUT2D eigenvalue weighted by Crippen LogP contribution is 2.48. The average Bonchev–Trinajstić information content (AvgIpc) is 4.26. The third kappa shape index (κ3) is 6.26. The van der Waals surface area contributed by atoms with Gasteiger partial charge in [0.15, 0.2) is 8.07 Å². The lowest BCUT2D eigenvalue weighted by atomic mass is 9.95. The van der Waals surface area contributed by atoms with Crippen LogP contribution in [0, 0.1) is 0 Å². The highest BCUT2D eigenvalue weighted by Gasteiger charge is 2.43. The van der Waals surface area contributed by atoms with Crippen molar-refractivity contribution in [3.05, 3.63) is 285 Å². The first-order valence-corrected chi connectivity index (χ1v) is 28.5. The predicted molar refractivity (Wildman–Crippen MR) is 326 cm³/mol.